The van der Waals surface area contributed by atoms with Crippen LogP contribution in [0.15, 0.2) is 42.6 Å². The van der Waals surface area contributed by atoms with Gasteiger partial charge in [-0.15, -0.1) is 0 Å². The van der Waals surface area contributed by atoms with E-state index in [0.717, 1.165) is 5.56 Å². The third-order valence-corrected chi connectivity index (χ3v) is 3.97. The van der Waals surface area contributed by atoms with Crippen LogP contribution >= 0.6 is 0 Å². The lowest BCUT2D eigenvalue weighted by Crippen LogP contribution is -2.32. The zero-order valence-electron chi connectivity index (χ0n) is 12.9. The topological polar surface area (TPSA) is 103 Å². The van der Waals surface area contributed by atoms with Gasteiger partial charge in [-0.05, 0) is 23.8 Å². The molecule has 0 aliphatic carbocycles. The number of rotatable bonds is 3. The Balaban J connectivity index is 1.93. The molecule has 24 heavy (non-hydrogen) atoms. The predicted octanol–water partition coefficient (Wildman–Crippen LogP) is 1.10. The molecular formula is C17H15N3O4. The van der Waals surface area contributed by atoms with Gasteiger partial charge in [-0.3, -0.25) is 19.4 Å². The smallest absolute Gasteiger partial charge is 0.315 e. The fourth-order valence-corrected chi connectivity index (χ4v) is 2.75. The molecule has 1 aromatic heterocycles. The fraction of sp³-hybridized carbons (Fsp3) is 0.176. The van der Waals surface area contributed by atoms with Crippen LogP contribution in [0.3, 0.4) is 0 Å². The van der Waals surface area contributed by atoms with Crippen molar-refractivity contribution in [1.82, 2.24) is 4.98 Å². The number of amides is 2. The molecule has 3 rings (SSSR count). The van der Waals surface area contributed by atoms with E-state index in [0.29, 0.717) is 5.69 Å². The number of nitrogens with zero attached hydrogens (tertiary/aromatic N) is 2. The van der Waals surface area contributed by atoms with Crippen molar-refractivity contribution in [1.29, 1.82) is 0 Å². The van der Waals surface area contributed by atoms with Gasteiger partial charge in [0.15, 0.2) is 0 Å². The number of nitrogens with two attached hydrogens (primary N) is 1. The van der Waals surface area contributed by atoms with Gasteiger partial charge in [0, 0.05) is 18.4 Å². The molecule has 7 heteroatoms. The third kappa shape index (κ3) is 2.60. The van der Waals surface area contributed by atoms with Crippen LogP contribution in [0.5, 0.6) is 0 Å². The molecule has 0 saturated heterocycles. The van der Waals surface area contributed by atoms with Crippen molar-refractivity contribution in [2.45, 2.75) is 5.92 Å². The van der Waals surface area contributed by atoms with E-state index in [2.05, 4.69) is 4.98 Å². The lowest BCUT2D eigenvalue weighted by molar-refractivity contribution is -0.141. The van der Waals surface area contributed by atoms with Gasteiger partial charge in [-0.25, -0.2) is 0 Å². The second-order valence-electron chi connectivity index (χ2n) is 5.35. The molecule has 1 aromatic carbocycles. The Bertz CT molecular complexity index is 817. The van der Waals surface area contributed by atoms with Crippen LogP contribution in [0.25, 0.3) is 0 Å². The highest BCUT2D eigenvalue weighted by Gasteiger charge is 2.37. The van der Waals surface area contributed by atoms with E-state index in [1.807, 2.05) is 6.07 Å². The van der Waals surface area contributed by atoms with E-state index in [9.17, 15) is 14.4 Å². The number of ether oxygens (including phenoxy) is 1. The molecule has 1 aliphatic heterocycles. The van der Waals surface area contributed by atoms with Crippen LogP contribution < -0.4 is 10.6 Å². The highest BCUT2D eigenvalue weighted by atomic mass is 16.5. The first-order valence-electron chi connectivity index (χ1n) is 7.27. The van der Waals surface area contributed by atoms with Gasteiger partial charge in [-0.1, -0.05) is 18.2 Å². The molecule has 0 unspecified atom stereocenters. The van der Waals surface area contributed by atoms with E-state index in [4.69, 9.17) is 10.5 Å². The molecule has 2 amide bonds. The van der Waals surface area contributed by atoms with Gasteiger partial charge in [0.1, 0.15) is 11.6 Å². The number of para-hydroxylation sites is 1. The maximum atomic E-state index is 12.7. The molecule has 122 valence electrons. The molecule has 7 nitrogen and oxygen atoms in total. The zero-order valence-corrected chi connectivity index (χ0v) is 12.9. The van der Waals surface area contributed by atoms with Gasteiger partial charge in [-0.2, -0.15) is 0 Å². The van der Waals surface area contributed by atoms with Gasteiger partial charge in [0.25, 0.3) is 5.91 Å². The number of fused-ring (bicyclic) bond motifs is 1. The van der Waals surface area contributed by atoms with Crippen LogP contribution in [0.2, 0.25) is 0 Å². The summed E-state index contributed by atoms with van der Waals surface area (Å²) in [6.45, 7) is 0.185. The van der Waals surface area contributed by atoms with E-state index < -0.39 is 17.8 Å². The van der Waals surface area contributed by atoms with Crippen LogP contribution in [0.1, 0.15) is 32.3 Å². The van der Waals surface area contributed by atoms with Crippen LogP contribution in [-0.4, -0.2) is 36.4 Å². The van der Waals surface area contributed by atoms with E-state index in [1.165, 1.54) is 30.3 Å². The van der Waals surface area contributed by atoms with Crippen LogP contribution in [0.4, 0.5) is 5.69 Å². The molecule has 0 radical (unpaired) electrons. The Morgan fingerprint density at radius 3 is 2.58 bits per heavy atom. The van der Waals surface area contributed by atoms with E-state index in [1.54, 1.807) is 18.2 Å². The van der Waals surface area contributed by atoms with Crippen LogP contribution in [-0.2, 0) is 9.53 Å². The Labute approximate surface area is 138 Å². The second kappa shape index (κ2) is 6.11. The summed E-state index contributed by atoms with van der Waals surface area (Å²) in [5.41, 5.74) is 6.95. The average molecular weight is 325 g/mol. The normalized spacial score (nSPS) is 15.7. The third-order valence-electron chi connectivity index (χ3n) is 3.97. The van der Waals surface area contributed by atoms with E-state index in [-0.39, 0.29) is 23.7 Å². The average Bonchev–Trinajstić information content (AvgIpc) is 3.00. The Hall–Kier alpha value is -3.22. The number of carbonyl (C=O) groups is 3. The Kier molecular flexibility index (Phi) is 3.99. The van der Waals surface area contributed by atoms with Crippen molar-refractivity contribution in [2.24, 2.45) is 5.73 Å². The summed E-state index contributed by atoms with van der Waals surface area (Å²) in [7, 11) is 1.32. The van der Waals surface area contributed by atoms with Crippen molar-refractivity contribution >= 4 is 23.5 Å². The SMILES string of the molecule is COC(=O)[C@H]1CN(C(=O)c2ccc(C(N)=O)cn2)c2ccccc21. The molecule has 0 spiro atoms. The minimum atomic E-state index is -0.612. The van der Waals surface area contributed by atoms with Crippen molar-refractivity contribution in [3.8, 4) is 0 Å². The van der Waals surface area contributed by atoms with Crippen molar-refractivity contribution < 1.29 is 19.1 Å². The number of benzene rings is 1. The first-order valence-corrected chi connectivity index (χ1v) is 7.27. The monoisotopic (exact) mass is 325 g/mol. The Morgan fingerprint density at radius 2 is 1.96 bits per heavy atom. The number of esters is 1. The molecule has 0 fully saturated rings. The lowest BCUT2D eigenvalue weighted by atomic mass is 10.0. The first-order chi connectivity index (χ1) is 11.5. The largest absolute Gasteiger partial charge is 0.468 e. The molecule has 2 aromatic rings. The van der Waals surface area contributed by atoms with Gasteiger partial charge in [0.05, 0.1) is 12.7 Å². The van der Waals surface area contributed by atoms with Crippen LogP contribution in [0, 0.1) is 0 Å². The minimum absolute atomic E-state index is 0.167. The molecule has 0 saturated carbocycles. The predicted molar refractivity (Wildman–Crippen MR) is 85.6 cm³/mol. The summed E-state index contributed by atoms with van der Waals surface area (Å²) in [5.74, 6) is -1.89. The number of carbonyl (C=O) groups excluding carboxylic acids is 3. The number of primary amides is 1. The summed E-state index contributed by atoms with van der Waals surface area (Å²) in [6, 6.07) is 10.1. The van der Waals surface area contributed by atoms with Gasteiger partial charge in [0.2, 0.25) is 5.91 Å². The summed E-state index contributed by atoms with van der Waals surface area (Å²) >= 11 is 0. The first kappa shape index (κ1) is 15.7. The quantitative estimate of drug-likeness (QED) is 0.851. The molecule has 0 bridgehead atoms. The highest BCUT2D eigenvalue weighted by Crippen LogP contribution is 2.37. The maximum Gasteiger partial charge on any atom is 0.315 e. The molecule has 2 N–H and O–H groups in total. The maximum absolute atomic E-state index is 12.7. The van der Waals surface area contributed by atoms with Crippen molar-refractivity contribution in [2.75, 3.05) is 18.6 Å². The molecule has 1 aliphatic rings. The highest BCUT2D eigenvalue weighted by molar-refractivity contribution is 6.08. The molecular weight excluding hydrogens is 310 g/mol. The number of hydrogen-bond donors (Lipinski definition) is 1. The summed E-state index contributed by atoms with van der Waals surface area (Å²) < 4.78 is 4.82. The number of pyridine rings is 1. The number of anilines is 1. The van der Waals surface area contributed by atoms with Gasteiger partial charge >= 0.3 is 5.97 Å². The zero-order chi connectivity index (χ0) is 17.3. The van der Waals surface area contributed by atoms with Crippen molar-refractivity contribution in [3.63, 3.8) is 0 Å². The number of aromatic nitrogens is 1. The summed E-state index contributed by atoms with van der Waals surface area (Å²) in [4.78, 5) is 41.3. The second-order valence-corrected chi connectivity index (χ2v) is 5.35. The number of hydrogen-bond acceptors (Lipinski definition) is 5. The Morgan fingerprint density at radius 1 is 1.21 bits per heavy atom. The fourth-order valence-electron chi connectivity index (χ4n) is 2.75. The van der Waals surface area contributed by atoms with Crippen molar-refractivity contribution in [3.05, 3.63) is 59.4 Å². The summed E-state index contributed by atoms with van der Waals surface area (Å²) in [5, 5.41) is 0. The number of methoxy groups -OCH3 is 1. The molecule has 1 atom stereocenters. The van der Waals surface area contributed by atoms with Gasteiger partial charge < -0.3 is 15.4 Å². The van der Waals surface area contributed by atoms with E-state index >= 15 is 0 Å². The molecule has 2 heterocycles. The summed E-state index contributed by atoms with van der Waals surface area (Å²) in [6.07, 6.45) is 1.26. The minimum Gasteiger partial charge on any atom is -0.468 e. The standard InChI is InChI=1S/C17H15N3O4/c1-24-17(23)12-9-20(14-5-3-2-4-11(12)14)16(22)13-7-6-10(8-19-13)15(18)21/h2-8,12H,9H2,1H3,(H2,18,21)/t12-/m0/s1. The lowest BCUT2D eigenvalue weighted by Gasteiger charge is -2.17.